The fourth-order valence-electron chi connectivity index (χ4n) is 3.06. The summed E-state index contributed by atoms with van der Waals surface area (Å²) in [6, 6.07) is 0. The van der Waals surface area contributed by atoms with Crippen molar-refractivity contribution in [3.05, 3.63) is 12.3 Å². The highest BCUT2D eigenvalue weighted by Gasteiger charge is 2.52. The Morgan fingerprint density at radius 2 is 1.94 bits per heavy atom. The minimum absolute atomic E-state index is 0.0190. The van der Waals surface area contributed by atoms with E-state index in [1.54, 1.807) is 0 Å². The van der Waals surface area contributed by atoms with Crippen LogP contribution in [-0.2, 0) is 4.79 Å². The molecule has 1 unspecified atom stereocenters. The van der Waals surface area contributed by atoms with Crippen LogP contribution in [0.2, 0.25) is 0 Å². The molecule has 0 spiro atoms. The summed E-state index contributed by atoms with van der Waals surface area (Å²) in [5, 5.41) is 0. The molecule has 2 fully saturated rings. The van der Waals surface area contributed by atoms with Crippen LogP contribution in [-0.4, -0.2) is 39.3 Å². The van der Waals surface area contributed by atoms with Gasteiger partial charge in [-0.3, -0.25) is 4.79 Å². The van der Waals surface area contributed by atoms with Crippen LogP contribution in [0.3, 0.4) is 0 Å². The van der Waals surface area contributed by atoms with E-state index in [4.69, 9.17) is 23.2 Å². The largest absolute Gasteiger partial charge is 0.352 e. The number of halogens is 2. The van der Waals surface area contributed by atoms with E-state index in [0.717, 1.165) is 25.1 Å². The number of rotatable bonds is 1. The number of allylic oxidation sites excluding steroid dienone is 1. The van der Waals surface area contributed by atoms with E-state index in [1.165, 1.54) is 0 Å². The third-order valence-electron chi connectivity index (χ3n) is 4.06. The van der Waals surface area contributed by atoms with E-state index in [9.17, 15) is 4.79 Å². The van der Waals surface area contributed by atoms with Crippen LogP contribution in [0.15, 0.2) is 12.3 Å². The van der Waals surface area contributed by atoms with Crippen LogP contribution in [0.4, 0.5) is 0 Å². The number of amides is 1. The highest BCUT2D eigenvalue weighted by Crippen LogP contribution is 2.45. The third-order valence-corrected chi connectivity index (χ3v) is 4.43. The maximum atomic E-state index is 12.2. The van der Waals surface area contributed by atoms with Crippen LogP contribution in [0.5, 0.6) is 0 Å². The SMILES string of the molecule is C=C1CCC2(C)N1CC(C)(C)CN2C(=O)C(Cl)Cl. The van der Waals surface area contributed by atoms with Crippen LogP contribution in [0.25, 0.3) is 0 Å². The second-order valence-electron chi connectivity index (χ2n) is 6.26. The van der Waals surface area contributed by atoms with Crippen molar-refractivity contribution in [2.45, 2.75) is 44.1 Å². The number of alkyl halides is 2. The van der Waals surface area contributed by atoms with E-state index >= 15 is 0 Å². The molecule has 2 aliphatic heterocycles. The summed E-state index contributed by atoms with van der Waals surface area (Å²) in [7, 11) is 0. The molecule has 0 bridgehead atoms. The smallest absolute Gasteiger partial charge is 0.257 e. The Labute approximate surface area is 119 Å². The highest BCUT2D eigenvalue weighted by molar-refractivity contribution is 6.53. The van der Waals surface area contributed by atoms with Crippen molar-refractivity contribution >= 4 is 29.1 Å². The fourth-order valence-corrected chi connectivity index (χ4v) is 3.30. The van der Waals surface area contributed by atoms with Crippen molar-refractivity contribution in [1.82, 2.24) is 9.80 Å². The zero-order valence-electron chi connectivity index (χ0n) is 11.2. The van der Waals surface area contributed by atoms with Crippen molar-refractivity contribution in [3.63, 3.8) is 0 Å². The summed E-state index contributed by atoms with van der Waals surface area (Å²) >= 11 is 11.6. The fraction of sp³-hybridized carbons (Fsp3) is 0.769. The Morgan fingerprint density at radius 3 is 2.50 bits per heavy atom. The Bertz CT molecular complexity index is 394. The number of fused-ring (bicyclic) bond motifs is 1. The lowest BCUT2D eigenvalue weighted by molar-refractivity contribution is -0.153. The van der Waals surface area contributed by atoms with Gasteiger partial charge in [0.1, 0.15) is 5.66 Å². The molecule has 0 aliphatic carbocycles. The summed E-state index contributed by atoms with van der Waals surface area (Å²) < 4.78 is 0. The van der Waals surface area contributed by atoms with Gasteiger partial charge in [-0.1, -0.05) is 43.6 Å². The Morgan fingerprint density at radius 1 is 1.33 bits per heavy atom. The lowest BCUT2D eigenvalue weighted by Crippen LogP contribution is -2.66. The molecule has 1 amide bonds. The first-order chi connectivity index (χ1) is 8.17. The lowest BCUT2D eigenvalue weighted by atomic mass is 9.86. The molecule has 0 aromatic carbocycles. The van der Waals surface area contributed by atoms with Crippen molar-refractivity contribution in [2.75, 3.05) is 13.1 Å². The van der Waals surface area contributed by atoms with Crippen molar-refractivity contribution in [1.29, 1.82) is 0 Å². The number of hydrogen-bond donors (Lipinski definition) is 0. The monoisotopic (exact) mass is 290 g/mol. The zero-order valence-corrected chi connectivity index (χ0v) is 12.7. The Kier molecular flexibility index (Phi) is 3.35. The van der Waals surface area contributed by atoms with Gasteiger partial charge in [0.25, 0.3) is 5.91 Å². The molecule has 0 aromatic rings. The molecule has 5 heteroatoms. The first-order valence-corrected chi connectivity index (χ1v) is 7.10. The van der Waals surface area contributed by atoms with Gasteiger partial charge >= 0.3 is 0 Å². The van der Waals surface area contributed by atoms with E-state index in [0.29, 0.717) is 6.54 Å². The molecule has 2 heterocycles. The Balaban J connectivity index is 2.37. The van der Waals surface area contributed by atoms with Crippen LogP contribution in [0.1, 0.15) is 33.6 Å². The van der Waals surface area contributed by atoms with E-state index in [2.05, 4.69) is 32.3 Å². The highest BCUT2D eigenvalue weighted by atomic mass is 35.5. The number of carbonyl (C=O) groups excluding carboxylic acids is 1. The van der Waals surface area contributed by atoms with E-state index < -0.39 is 4.84 Å². The van der Waals surface area contributed by atoms with Crippen LogP contribution in [0, 0.1) is 5.41 Å². The molecule has 2 aliphatic rings. The summed E-state index contributed by atoms with van der Waals surface area (Å²) in [4.78, 5) is 15.3. The topological polar surface area (TPSA) is 23.6 Å². The Hall–Kier alpha value is -0.410. The van der Waals surface area contributed by atoms with Gasteiger partial charge < -0.3 is 9.80 Å². The van der Waals surface area contributed by atoms with Gasteiger partial charge in [-0.15, -0.1) is 0 Å². The number of nitrogens with zero attached hydrogens (tertiary/aromatic N) is 2. The lowest BCUT2D eigenvalue weighted by Gasteiger charge is -2.55. The molecule has 0 saturated carbocycles. The normalized spacial score (nSPS) is 30.9. The van der Waals surface area contributed by atoms with Crippen molar-refractivity contribution in [3.8, 4) is 0 Å². The average Bonchev–Trinajstić information content (AvgIpc) is 2.54. The van der Waals surface area contributed by atoms with Gasteiger partial charge in [0.2, 0.25) is 0 Å². The average molecular weight is 291 g/mol. The molecule has 2 saturated heterocycles. The van der Waals surface area contributed by atoms with Crippen LogP contribution < -0.4 is 0 Å². The minimum Gasteiger partial charge on any atom is -0.352 e. The van der Waals surface area contributed by atoms with Gasteiger partial charge in [0.15, 0.2) is 4.84 Å². The molecule has 102 valence electrons. The van der Waals surface area contributed by atoms with Crippen molar-refractivity contribution in [2.24, 2.45) is 5.41 Å². The standard InChI is InChI=1S/C13H20Cl2N2O/c1-9-5-6-13(4)16(9)7-12(2,3)8-17(13)11(18)10(14)15/h10H,1,5-8H2,2-4H3. The summed E-state index contributed by atoms with van der Waals surface area (Å²) in [5.74, 6) is -0.201. The zero-order chi connectivity index (χ0) is 13.7. The first kappa shape index (κ1) is 14.0. The van der Waals surface area contributed by atoms with E-state index in [1.807, 2.05) is 4.90 Å². The number of hydrogen-bond acceptors (Lipinski definition) is 2. The molecular formula is C13H20Cl2N2O. The molecule has 18 heavy (non-hydrogen) atoms. The van der Waals surface area contributed by atoms with Crippen molar-refractivity contribution < 1.29 is 4.79 Å². The van der Waals surface area contributed by atoms with E-state index in [-0.39, 0.29) is 17.0 Å². The predicted octanol–water partition coefficient (Wildman–Crippen LogP) is 2.98. The third kappa shape index (κ3) is 2.12. The van der Waals surface area contributed by atoms with Crippen LogP contribution >= 0.6 is 23.2 Å². The van der Waals surface area contributed by atoms with Gasteiger partial charge in [-0.25, -0.2) is 0 Å². The van der Waals surface area contributed by atoms with Gasteiger partial charge in [-0.05, 0) is 19.8 Å². The van der Waals surface area contributed by atoms with Gasteiger partial charge in [-0.2, -0.15) is 0 Å². The second-order valence-corrected chi connectivity index (χ2v) is 7.35. The summed E-state index contributed by atoms with van der Waals surface area (Å²) in [5.41, 5.74) is 0.806. The molecular weight excluding hydrogens is 271 g/mol. The number of carbonyl (C=O) groups is 1. The summed E-state index contributed by atoms with van der Waals surface area (Å²) in [6.45, 7) is 12.1. The molecule has 1 atom stereocenters. The van der Waals surface area contributed by atoms with Gasteiger partial charge in [0.05, 0.1) is 0 Å². The molecule has 3 nitrogen and oxygen atoms in total. The minimum atomic E-state index is -0.994. The first-order valence-electron chi connectivity index (χ1n) is 6.22. The maximum Gasteiger partial charge on any atom is 0.257 e. The second kappa shape index (κ2) is 4.31. The molecule has 0 N–H and O–H groups in total. The quantitative estimate of drug-likeness (QED) is 0.693. The predicted molar refractivity (Wildman–Crippen MR) is 74.5 cm³/mol. The molecule has 0 aromatic heterocycles. The van der Waals surface area contributed by atoms with Gasteiger partial charge in [0, 0.05) is 24.2 Å². The summed E-state index contributed by atoms with van der Waals surface area (Å²) in [6.07, 6.45) is 1.82. The molecule has 0 radical (unpaired) electrons. The molecule has 2 rings (SSSR count). The maximum absolute atomic E-state index is 12.2.